The lowest BCUT2D eigenvalue weighted by Gasteiger charge is -2.11. The van der Waals surface area contributed by atoms with Crippen molar-refractivity contribution in [3.05, 3.63) is 231 Å². The summed E-state index contributed by atoms with van der Waals surface area (Å²) in [5, 5.41) is 42.8. The van der Waals surface area contributed by atoms with Gasteiger partial charge in [-0.15, -0.1) is 22.7 Å². The van der Waals surface area contributed by atoms with Crippen LogP contribution in [0.1, 0.15) is 0 Å². The largest absolute Gasteiger partial charge is 0.488 e. The first kappa shape index (κ1) is 43.2. The van der Waals surface area contributed by atoms with E-state index < -0.39 is 14.2 Å². The van der Waals surface area contributed by atoms with Gasteiger partial charge in [0.2, 0.25) is 0 Å². The minimum absolute atomic E-state index is 0.493. The number of rotatable bonds is 8. The zero-order valence-electron chi connectivity index (χ0n) is 36.7. The molecule has 12 rings (SSSR count). The van der Waals surface area contributed by atoms with E-state index in [0.717, 1.165) is 22.3 Å². The van der Waals surface area contributed by atoms with Crippen molar-refractivity contribution in [1.82, 2.24) is 0 Å². The first-order valence-electron chi connectivity index (χ1n) is 22.5. The summed E-state index contributed by atoms with van der Waals surface area (Å²) in [6, 6.07) is 79.3. The Balaban J connectivity index is 0.000000149. The number of fused-ring (bicyclic) bond motifs is 6. The summed E-state index contributed by atoms with van der Waals surface area (Å²) in [7, 11) is -2.91. The van der Waals surface area contributed by atoms with Crippen molar-refractivity contribution in [2.24, 2.45) is 0 Å². The van der Waals surface area contributed by atoms with Gasteiger partial charge in [0.1, 0.15) is 0 Å². The van der Waals surface area contributed by atoms with Crippen LogP contribution < -0.4 is 10.9 Å². The molecule has 4 N–H and O–H groups in total. The number of hydrogen-bond acceptors (Lipinski definition) is 6. The molecule has 0 radical (unpaired) electrons. The molecular weight excluding hydrogens is 870 g/mol. The van der Waals surface area contributed by atoms with Gasteiger partial charge in [0.25, 0.3) is 0 Å². The molecule has 0 spiro atoms. The maximum Gasteiger partial charge on any atom is 0.488 e. The molecule has 0 aliphatic rings. The molecule has 0 saturated heterocycles. The fourth-order valence-corrected chi connectivity index (χ4v) is 12.0. The van der Waals surface area contributed by atoms with Crippen LogP contribution in [0.5, 0.6) is 0 Å². The lowest BCUT2D eigenvalue weighted by atomic mass is 9.80. The summed E-state index contributed by atoms with van der Waals surface area (Å²) >= 11 is 3.64. The zero-order valence-corrected chi connectivity index (χ0v) is 38.3. The van der Waals surface area contributed by atoms with Gasteiger partial charge in [-0.05, 0) is 78.2 Å². The fourth-order valence-electron chi connectivity index (χ4n) is 9.29. The lowest BCUT2D eigenvalue weighted by molar-refractivity contribution is 0.424. The zero-order chi connectivity index (χ0) is 46.1. The average Bonchev–Trinajstić information content (AvgIpc) is 3.99. The van der Waals surface area contributed by atoms with Crippen LogP contribution in [-0.2, 0) is 0 Å². The van der Waals surface area contributed by atoms with Gasteiger partial charge < -0.3 is 20.1 Å². The van der Waals surface area contributed by atoms with E-state index >= 15 is 0 Å². The Morgan fingerprint density at radius 1 is 0.235 bits per heavy atom. The summed E-state index contributed by atoms with van der Waals surface area (Å²) in [5.74, 6) is 0. The summed E-state index contributed by atoms with van der Waals surface area (Å²) in [6.07, 6.45) is 0. The topological polar surface area (TPSA) is 80.9 Å². The van der Waals surface area contributed by atoms with Gasteiger partial charge in [0, 0.05) is 45.9 Å². The van der Waals surface area contributed by atoms with Crippen molar-refractivity contribution in [3.63, 3.8) is 0 Å². The molecule has 0 bridgehead atoms. The monoisotopic (exact) mass is 912 g/mol. The standard InChI is InChI=1S/2C30H21BO2S/c32-31(33)24-17-15-21(16-18-24)25-11-5-13-27-28-14-6-12-26(30(28)34-29(25)27)23-10-4-9-22(19-23)20-7-2-1-3-8-20;32-31(33)22-18-16-21(17-19-22)24-12-6-14-27-28-15-7-13-26(30(28)34-29(24)27)25-11-5-4-10-23(25)20-8-2-1-3-9-20/h2*1-19,32-33H. The van der Waals surface area contributed by atoms with Crippen LogP contribution in [0.25, 0.3) is 107 Å². The average molecular weight is 913 g/mol. The van der Waals surface area contributed by atoms with Gasteiger partial charge in [-0.3, -0.25) is 0 Å². The van der Waals surface area contributed by atoms with Crippen LogP contribution in [0, 0.1) is 0 Å². The summed E-state index contributed by atoms with van der Waals surface area (Å²) in [6.45, 7) is 0. The molecule has 0 unspecified atom stereocenters. The number of hydrogen-bond donors (Lipinski definition) is 4. The molecule has 0 atom stereocenters. The van der Waals surface area contributed by atoms with E-state index in [-0.39, 0.29) is 0 Å². The Morgan fingerprint density at radius 3 is 1.03 bits per heavy atom. The molecule has 0 aliphatic heterocycles. The Hall–Kier alpha value is -7.39. The van der Waals surface area contributed by atoms with Crippen molar-refractivity contribution in [3.8, 4) is 66.8 Å². The van der Waals surface area contributed by atoms with E-state index in [9.17, 15) is 20.1 Å². The smallest absolute Gasteiger partial charge is 0.423 e. The Labute approximate surface area is 403 Å². The van der Waals surface area contributed by atoms with Crippen molar-refractivity contribution in [2.45, 2.75) is 0 Å². The highest BCUT2D eigenvalue weighted by atomic mass is 32.1. The van der Waals surface area contributed by atoms with E-state index in [1.165, 1.54) is 84.9 Å². The van der Waals surface area contributed by atoms with Gasteiger partial charge >= 0.3 is 14.2 Å². The summed E-state index contributed by atoms with van der Waals surface area (Å²) in [4.78, 5) is 0. The molecule has 0 aliphatic carbocycles. The van der Waals surface area contributed by atoms with Crippen molar-refractivity contribution in [1.29, 1.82) is 0 Å². The molecule has 0 saturated carbocycles. The van der Waals surface area contributed by atoms with Gasteiger partial charge in [-0.1, -0.05) is 224 Å². The molecule has 0 fully saturated rings. The predicted molar refractivity (Wildman–Crippen MR) is 291 cm³/mol. The highest BCUT2D eigenvalue weighted by Gasteiger charge is 2.18. The third-order valence-corrected chi connectivity index (χ3v) is 15.2. The quantitative estimate of drug-likeness (QED) is 0.115. The molecule has 10 aromatic carbocycles. The fraction of sp³-hybridized carbons (Fsp3) is 0. The third kappa shape index (κ3) is 8.24. The van der Waals surface area contributed by atoms with Crippen molar-refractivity contribution < 1.29 is 20.1 Å². The van der Waals surface area contributed by atoms with Crippen LogP contribution in [0.3, 0.4) is 0 Å². The van der Waals surface area contributed by atoms with Gasteiger partial charge in [-0.2, -0.15) is 0 Å². The molecule has 4 nitrogen and oxygen atoms in total. The van der Waals surface area contributed by atoms with Crippen molar-refractivity contribution >= 4 is 88.2 Å². The molecule has 2 aromatic heterocycles. The maximum atomic E-state index is 9.45. The molecule has 324 valence electrons. The van der Waals surface area contributed by atoms with Gasteiger partial charge in [0.05, 0.1) is 0 Å². The molecular formula is C60H42B2O4S2. The normalized spacial score (nSPS) is 11.2. The van der Waals surface area contributed by atoms with E-state index in [2.05, 4.69) is 170 Å². The number of thiophene rings is 2. The highest BCUT2D eigenvalue weighted by Crippen LogP contribution is 2.46. The van der Waals surface area contributed by atoms with Crippen LogP contribution in [-0.4, -0.2) is 34.3 Å². The van der Waals surface area contributed by atoms with Crippen molar-refractivity contribution in [2.75, 3.05) is 0 Å². The first-order chi connectivity index (χ1) is 33.4. The van der Waals surface area contributed by atoms with Crippen LogP contribution >= 0.6 is 22.7 Å². The minimum Gasteiger partial charge on any atom is -0.423 e. The second-order valence-corrected chi connectivity index (χ2v) is 18.8. The first-order valence-corrected chi connectivity index (χ1v) is 24.1. The van der Waals surface area contributed by atoms with Crippen LogP contribution in [0.2, 0.25) is 0 Å². The van der Waals surface area contributed by atoms with Gasteiger partial charge in [0.15, 0.2) is 0 Å². The van der Waals surface area contributed by atoms with E-state index in [1.54, 1.807) is 24.3 Å². The van der Waals surface area contributed by atoms with Crippen LogP contribution in [0.15, 0.2) is 231 Å². The Morgan fingerprint density at radius 2 is 0.559 bits per heavy atom. The molecule has 8 heteroatoms. The maximum absolute atomic E-state index is 9.45. The Bertz CT molecular complexity index is 3740. The molecule has 0 amide bonds. The molecule has 12 aromatic rings. The van der Waals surface area contributed by atoms with E-state index in [0.29, 0.717) is 10.9 Å². The second-order valence-electron chi connectivity index (χ2n) is 16.8. The SMILES string of the molecule is OB(O)c1ccc(-c2cccc3c2sc2c(-c4cccc(-c5ccccc5)c4)cccc23)cc1.OB(O)c1ccc(-c2cccc3c2sc2c(-c4ccccc4-c4ccccc4)cccc23)cc1. The van der Waals surface area contributed by atoms with Gasteiger partial charge in [-0.25, -0.2) is 0 Å². The highest BCUT2D eigenvalue weighted by molar-refractivity contribution is 7.27. The lowest BCUT2D eigenvalue weighted by Crippen LogP contribution is -2.29. The third-order valence-electron chi connectivity index (χ3n) is 12.7. The second kappa shape index (κ2) is 18.7. The minimum atomic E-state index is -1.46. The summed E-state index contributed by atoms with van der Waals surface area (Å²) < 4.78 is 5.02. The Kier molecular flexibility index (Phi) is 11.9. The van der Waals surface area contributed by atoms with Crippen LogP contribution in [0.4, 0.5) is 0 Å². The predicted octanol–water partition coefficient (Wildman–Crippen LogP) is 13.5. The van der Waals surface area contributed by atoms with E-state index in [1.807, 2.05) is 59.1 Å². The molecule has 68 heavy (non-hydrogen) atoms. The van der Waals surface area contributed by atoms with E-state index in [4.69, 9.17) is 0 Å². The number of benzene rings is 10. The molecule has 2 heterocycles. The summed E-state index contributed by atoms with van der Waals surface area (Å²) in [5.41, 5.74) is 15.2.